The summed E-state index contributed by atoms with van der Waals surface area (Å²) in [6, 6.07) is 20.2. The van der Waals surface area contributed by atoms with E-state index in [1.54, 1.807) is 0 Å². The average Bonchev–Trinajstić information content (AvgIpc) is 2.66. The van der Waals surface area contributed by atoms with Crippen LogP contribution >= 0.6 is 0 Å². The maximum Gasteiger partial charge on any atom is 0.309 e. The Balaban J connectivity index is 1.67. The molecule has 2 N–H and O–H groups in total. The van der Waals surface area contributed by atoms with Gasteiger partial charge in [-0.15, -0.1) is 0 Å². The predicted molar refractivity (Wildman–Crippen MR) is 105 cm³/mol. The summed E-state index contributed by atoms with van der Waals surface area (Å²) in [6.07, 6.45) is 2.54. The molecule has 2 rings (SSSR count). The molecule has 2 aromatic rings. The van der Waals surface area contributed by atoms with Crippen LogP contribution in [0.25, 0.3) is 0 Å². The van der Waals surface area contributed by atoms with E-state index in [2.05, 4.69) is 41.8 Å². The normalized spacial score (nSPS) is 12.8. The summed E-state index contributed by atoms with van der Waals surface area (Å²) in [4.78, 5) is 24.0. The van der Waals surface area contributed by atoms with E-state index >= 15 is 0 Å². The van der Waals surface area contributed by atoms with Crippen molar-refractivity contribution in [3.63, 3.8) is 0 Å². The fourth-order valence-corrected chi connectivity index (χ4v) is 2.83. The van der Waals surface area contributed by atoms with Gasteiger partial charge in [0.25, 0.3) is 0 Å². The maximum absolute atomic E-state index is 12.0. The maximum atomic E-state index is 12.0. The minimum Gasteiger partial charge on any atom is -0.348 e. The lowest BCUT2D eigenvalue weighted by Gasteiger charge is -2.15. The molecule has 4 nitrogen and oxygen atoms in total. The number of benzene rings is 2. The van der Waals surface area contributed by atoms with Gasteiger partial charge in [0.2, 0.25) is 0 Å². The van der Waals surface area contributed by atoms with Crippen LogP contribution in [0.1, 0.15) is 31.4 Å². The van der Waals surface area contributed by atoms with E-state index in [-0.39, 0.29) is 12.0 Å². The van der Waals surface area contributed by atoms with Crippen molar-refractivity contribution >= 4 is 11.8 Å². The van der Waals surface area contributed by atoms with E-state index in [1.807, 2.05) is 43.3 Å². The molecule has 0 aliphatic carbocycles. The molecule has 4 heteroatoms. The van der Waals surface area contributed by atoms with E-state index in [9.17, 15) is 9.59 Å². The third kappa shape index (κ3) is 7.09. The summed E-state index contributed by atoms with van der Waals surface area (Å²) < 4.78 is 0. The molecule has 0 heterocycles. The Morgan fingerprint density at radius 3 is 2.04 bits per heavy atom. The van der Waals surface area contributed by atoms with E-state index in [4.69, 9.17) is 0 Å². The van der Waals surface area contributed by atoms with E-state index in [0.717, 1.165) is 19.3 Å². The van der Waals surface area contributed by atoms with Gasteiger partial charge in [-0.3, -0.25) is 9.59 Å². The molecule has 0 saturated carbocycles. The predicted octanol–water partition coefficient (Wildman–Crippen LogP) is 3.12. The van der Waals surface area contributed by atoms with Crippen LogP contribution in [0.15, 0.2) is 60.7 Å². The van der Waals surface area contributed by atoms with Crippen molar-refractivity contribution in [2.45, 2.75) is 39.2 Å². The summed E-state index contributed by atoms with van der Waals surface area (Å²) in [6.45, 7) is 4.47. The van der Waals surface area contributed by atoms with Gasteiger partial charge in [0.05, 0.1) is 0 Å². The quantitative estimate of drug-likeness (QED) is 0.717. The number of nitrogens with one attached hydrogen (secondary N) is 2. The van der Waals surface area contributed by atoms with E-state index in [0.29, 0.717) is 6.54 Å². The molecule has 0 aromatic heterocycles. The third-order valence-corrected chi connectivity index (χ3v) is 4.33. The minimum absolute atomic E-state index is 0.0461. The molecule has 0 spiro atoms. The zero-order chi connectivity index (χ0) is 18.8. The first-order valence-electron chi connectivity index (χ1n) is 9.21. The molecule has 2 amide bonds. The number of hydrogen-bond acceptors (Lipinski definition) is 2. The minimum atomic E-state index is -0.559. The summed E-state index contributed by atoms with van der Waals surface area (Å²) in [7, 11) is 0. The highest BCUT2D eigenvalue weighted by Crippen LogP contribution is 2.07. The number of rotatable bonds is 8. The van der Waals surface area contributed by atoms with Crippen molar-refractivity contribution in [2.75, 3.05) is 6.54 Å². The van der Waals surface area contributed by atoms with Crippen molar-refractivity contribution in [3.05, 3.63) is 71.8 Å². The van der Waals surface area contributed by atoms with Crippen LogP contribution in [-0.4, -0.2) is 24.4 Å². The third-order valence-electron chi connectivity index (χ3n) is 4.33. The zero-order valence-corrected chi connectivity index (χ0v) is 15.6. The first-order valence-corrected chi connectivity index (χ1v) is 9.21. The Morgan fingerprint density at radius 2 is 1.42 bits per heavy atom. The Kier molecular flexibility index (Phi) is 7.87. The molecule has 0 fully saturated rings. The standard InChI is InChI=1S/C22H28N2O2/c1-17(15-20-11-7-4-8-12-20)16-23-21(25)22(26)24-18(2)13-14-19-9-5-3-6-10-19/h3-12,17-18H,13-16H2,1-2H3,(H,23,25)(H,24,26)/t17-,18-/m0/s1. The smallest absolute Gasteiger partial charge is 0.309 e. The molecule has 138 valence electrons. The van der Waals surface area contributed by atoms with E-state index < -0.39 is 11.8 Å². The summed E-state index contributed by atoms with van der Waals surface area (Å²) in [5, 5.41) is 5.50. The molecule has 26 heavy (non-hydrogen) atoms. The molecule has 2 atom stereocenters. The van der Waals surface area contributed by atoms with E-state index in [1.165, 1.54) is 11.1 Å². The highest BCUT2D eigenvalue weighted by Gasteiger charge is 2.16. The first-order chi connectivity index (χ1) is 12.5. The van der Waals surface area contributed by atoms with Crippen LogP contribution in [0, 0.1) is 5.92 Å². The highest BCUT2D eigenvalue weighted by atomic mass is 16.2. The summed E-state index contributed by atoms with van der Waals surface area (Å²) in [5.41, 5.74) is 2.46. The Hall–Kier alpha value is -2.62. The lowest BCUT2D eigenvalue weighted by molar-refractivity contribution is -0.139. The van der Waals surface area contributed by atoms with Crippen molar-refractivity contribution in [1.82, 2.24) is 10.6 Å². The van der Waals surface area contributed by atoms with Crippen molar-refractivity contribution < 1.29 is 9.59 Å². The van der Waals surface area contributed by atoms with Gasteiger partial charge in [-0.25, -0.2) is 0 Å². The number of hydrogen-bond donors (Lipinski definition) is 2. The fourth-order valence-electron chi connectivity index (χ4n) is 2.83. The van der Waals surface area contributed by atoms with Gasteiger partial charge in [-0.1, -0.05) is 67.6 Å². The van der Waals surface area contributed by atoms with Gasteiger partial charge < -0.3 is 10.6 Å². The summed E-state index contributed by atoms with van der Waals surface area (Å²) in [5.74, 6) is -0.849. The largest absolute Gasteiger partial charge is 0.348 e. The van der Waals surface area contributed by atoms with Gasteiger partial charge in [0, 0.05) is 12.6 Å². The van der Waals surface area contributed by atoms with Crippen LogP contribution in [0.2, 0.25) is 0 Å². The first kappa shape index (κ1) is 19.7. The van der Waals surface area contributed by atoms with Crippen LogP contribution in [0.5, 0.6) is 0 Å². The second-order valence-electron chi connectivity index (χ2n) is 6.90. The Labute approximate surface area is 156 Å². The van der Waals surface area contributed by atoms with Crippen LogP contribution < -0.4 is 10.6 Å². The van der Waals surface area contributed by atoms with Gasteiger partial charge in [-0.05, 0) is 43.2 Å². The summed E-state index contributed by atoms with van der Waals surface area (Å²) >= 11 is 0. The van der Waals surface area contributed by atoms with Gasteiger partial charge in [-0.2, -0.15) is 0 Å². The van der Waals surface area contributed by atoms with Crippen molar-refractivity contribution in [1.29, 1.82) is 0 Å². The molecular formula is C22H28N2O2. The lowest BCUT2D eigenvalue weighted by atomic mass is 10.0. The molecule has 0 saturated heterocycles. The lowest BCUT2D eigenvalue weighted by Crippen LogP contribution is -2.44. The van der Waals surface area contributed by atoms with Crippen molar-refractivity contribution in [2.24, 2.45) is 5.92 Å². The van der Waals surface area contributed by atoms with Crippen molar-refractivity contribution in [3.8, 4) is 0 Å². The monoisotopic (exact) mass is 352 g/mol. The number of amides is 2. The second kappa shape index (κ2) is 10.4. The number of carbonyl (C=O) groups excluding carboxylic acids is 2. The van der Waals surface area contributed by atoms with Crippen LogP contribution in [0.4, 0.5) is 0 Å². The highest BCUT2D eigenvalue weighted by molar-refractivity contribution is 6.35. The molecule has 0 bridgehead atoms. The van der Waals surface area contributed by atoms with Gasteiger partial charge >= 0.3 is 11.8 Å². The molecule has 0 unspecified atom stereocenters. The van der Waals surface area contributed by atoms with Crippen LogP contribution in [-0.2, 0) is 22.4 Å². The number of aryl methyl sites for hydroxylation is 1. The topological polar surface area (TPSA) is 58.2 Å². The van der Waals surface area contributed by atoms with Gasteiger partial charge in [0.15, 0.2) is 0 Å². The molecule has 2 aromatic carbocycles. The molecular weight excluding hydrogens is 324 g/mol. The SMILES string of the molecule is C[C@H](CNC(=O)C(=O)N[C@@H](C)CCc1ccccc1)Cc1ccccc1. The zero-order valence-electron chi connectivity index (χ0n) is 15.6. The Morgan fingerprint density at radius 1 is 0.846 bits per heavy atom. The number of carbonyl (C=O) groups is 2. The molecule has 0 aliphatic heterocycles. The van der Waals surface area contributed by atoms with Gasteiger partial charge in [0.1, 0.15) is 0 Å². The molecule has 0 aliphatic rings. The second-order valence-corrected chi connectivity index (χ2v) is 6.90. The fraction of sp³-hybridized carbons (Fsp3) is 0.364. The average molecular weight is 352 g/mol. The molecule has 0 radical (unpaired) electrons. The Bertz CT molecular complexity index is 686. The van der Waals surface area contributed by atoms with Crippen LogP contribution in [0.3, 0.4) is 0 Å².